The molecule has 1 aliphatic carbocycles. The van der Waals surface area contributed by atoms with Crippen molar-refractivity contribution in [3.05, 3.63) is 0 Å². The molecular weight excluding hydrogens is 210 g/mol. The largest absolute Gasteiger partial charge is 0.392 e. The van der Waals surface area contributed by atoms with Crippen LogP contribution in [0.1, 0.15) is 73.1 Å². The molecule has 1 saturated carbocycles. The van der Waals surface area contributed by atoms with Crippen molar-refractivity contribution in [3.8, 4) is 0 Å². The maximum absolute atomic E-state index is 10.1. The summed E-state index contributed by atoms with van der Waals surface area (Å²) >= 11 is 0. The third-order valence-electron chi connectivity index (χ3n) is 3.53. The maximum atomic E-state index is 10.1. The van der Waals surface area contributed by atoms with E-state index in [9.17, 15) is 5.11 Å². The Morgan fingerprint density at radius 3 is 2.18 bits per heavy atom. The Kier molecular flexibility index (Phi) is 5.03. The van der Waals surface area contributed by atoms with Crippen LogP contribution in [0.25, 0.3) is 0 Å². The molecule has 0 aromatic carbocycles. The molecule has 1 aliphatic rings. The first kappa shape index (κ1) is 15.0. The van der Waals surface area contributed by atoms with Crippen LogP contribution < -0.4 is 5.32 Å². The summed E-state index contributed by atoms with van der Waals surface area (Å²) in [6, 6.07) is 0.287. The van der Waals surface area contributed by atoms with E-state index in [2.05, 4.69) is 39.9 Å². The number of aliphatic hydroxyl groups is 1. The van der Waals surface area contributed by atoms with E-state index in [1.54, 1.807) is 0 Å². The normalized spacial score (nSPS) is 27.9. The number of nitrogens with one attached hydrogen (secondary N) is 1. The summed E-state index contributed by atoms with van der Waals surface area (Å²) in [5.41, 5.74) is 0.431. The first-order valence-corrected chi connectivity index (χ1v) is 7.15. The van der Waals surface area contributed by atoms with Crippen LogP contribution in [0.15, 0.2) is 0 Å². The third-order valence-corrected chi connectivity index (χ3v) is 3.53. The number of hydrogen-bond donors (Lipinski definition) is 2. The zero-order valence-corrected chi connectivity index (χ0v) is 12.3. The van der Waals surface area contributed by atoms with Crippen LogP contribution in [-0.2, 0) is 0 Å². The molecule has 0 saturated heterocycles. The second kappa shape index (κ2) is 5.71. The summed E-state index contributed by atoms with van der Waals surface area (Å²) in [6.45, 7) is 11.4. The molecule has 2 atom stereocenters. The van der Waals surface area contributed by atoms with Gasteiger partial charge in [0, 0.05) is 11.6 Å². The molecule has 1 rings (SSSR count). The number of hydrogen-bond acceptors (Lipinski definition) is 2. The van der Waals surface area contributed by atoms with Gasteiger partial charge in [0.2, 0.25) is 0 Å². The Labute approximate surface area is 107 Å². The van der Waals surface area contributed by atoms with Crippen LogP contribution in [0.4, 0.5) is 0 Å². The lowest BCUT2D eigenvalue weighted by Gasteiger charge is -2.38. The van der Waals surface area contributed by atoms with Crippen LogP contribution in [0, 0.1) is 5.41 Å². The van der Waals surface area contributed by atoms with E-state index in [1.165, 1.54) is 19.3 Å². The highest BCUT2D eigenvalue weighted by molar-refractivity contribution is 4.89. The van der Waals surface area contributed by atoms with Crippen molar-refractivity contribution in [3.63, 3.8) is 0 Å². The van der Waals surface area contributed by atoms with Gasteiger partial charge in [-0.05, 0) is 38.5 Å². The minimum Gasteiger partial charge on any atom is -0.392 e. The lowest BCUT2D eigenvalue weighted by atomic mass is 9.81. The van der Waals surface area contributed by atoms with Gasteiger partial charge in [-0.2, -0.15) is 0 Å². The average Bonchev–Trinajstić information content (AvgIpc) is 2.27. The SMILES string of the molecule is CC(C)(C)CC(C)(C)NC1CCCCCC1O. The Balaban J connectivity index is 2.55. The molecule has 2 unspecified atom stereocenters. The molecule has 1 fully saturated rings. The van der Waals surface area contributed by atoms with E-state index in [-0.39, 0.29) is 17.7 Å². The van der Waals surface area contributed by atoms with Crippen molar-refractivity contribution in [2.75, 3.05) is 0 Å². The second-order valence-electron chi connectivity index (χ2n) is 7.58. The molecule has 2 nitrogen and oxygen atoms in total. The van der Waals surface area contributed by atoms with Gasteiger partial charge in [0.15, 0.2) is 0 Å². The lowest BCUT2D eigenvalue weighted by Crippen LogP contribution is -2.52. The molecule has 2 N–H and O–H groups in total. The highest BCUT2D eigenvalue weighted by atomic mass is 16.3. The molecule has 0 heterocycles. The highest BCUT2D eigenvalue weighted by Gasteiger charge is 2.30. The summed E-state index contributed by atoms with van der Waals surface area (Å²) in [4.78, 5) is 0. The van der Waals surface area contributed by atoms with Crippen molar-refractivity contribution >= 4 is 0 Å². The average molecular weight is 241 g/mol. The molecule has 0 aliphatic heterocycles. The maximum Gasteiger partial charge on any atom is 0.0693 e. The second-order valence-corrected chi connectivity index (χ2v) is 7.58. The molecule has 0 aromatic heterocycles. The van der Waals surface area contributed by atoms with Crippen LogP contribution >= 0.6 is 0 Å². The van der Waals surface area contributed by atoms with Gasteiger partial charge in [0.1, 0.15) is 0 Å². The molecule has 2 heteroatoms. The third kappa shape index (κ3) is 5.87. The number of rotatable bonds is 3. The van der Waals surface area contributed by atoms with Crippen LogP contribution in [0.2, 0.25) is 0 Å². The van der Waals surface area contributed by atoms with Crippen molar-refractivity contribution in [2.45, 2.75) is 90.8 Å². The van der Waals surface area contributed by atoms with Crippen molar-refractivity contribution < 1.29 is 5.11 Å². The fraction of sp³-hybridized carbons (Fsp3) is 1.00. The molecule has 0 aromatic rings. The van der Waals surface area contributed by atoms with Crippen LogP contribution in [-0.4, -0.2) is 22.8 Å². The first-order valence-electron chi connectivity index (χ1n) is 7.15. The van der Waals surface area contributed by atoms with Gasteiger partial charge >= 0.3 is 0 Å². The summed E-state index contributed by atoms with van der Waals surface area (Å²) in [7, 11) is 0. The van der Waals surface area contributed by atoms with Crippen molar-refractivity contribution in [1.82, 2.24) is 5.32 Å². The Hall–Kier alpha value is -0.0800. The Morgan fingerprint density at radius 2 is 1.59 bits per heavy atom. The highest BCUT2D eigenvalue weighted by Crippen LogP contribution is 2.29. The molecular formula is C15H31NO. The molecule has 0 bridgehead atoms. The van der Waals surface area contributed by atoms with E-state index >= 15 is 0 Å². The molecule has 0 radical (unpaired) electrons. The van der Waals surface area contributed by atoms with E-state index in [4.69, 9.17) is 0 Å². The Morgan fingerprint density at radius 1 is 1.00 bits per heavy atom. The van der Waals surface area contributed by atoms with E-state index in [0.29, 0.717) is 5.41 Å². The first-order chi connectivity index (χ1) is 7.70. The van der Waals surface area contributed by atoms with Gasteiger partial charge in [0.25, 0.3) is 0 Å². The summed E-state index contributed by atoms with van der Waals surface area (Å²) in [5.74, 6) is 0. The van der Waals surface area contributed by atoms with E-state index in [1.807, 2.05) is 0 Å². The zero-order valence-electron chi connectivity index (χ0n) is 12.3. The lowest BCUT2D eigenvalue weighted by molar-refractivity contribution is 0.0940. The Bertz CT molecular complexity index is 230. The predicted octanol–water partition coefficient (Wildman–Crippen LogP) is 3.48. The van der Waals surface area contributed by atoms with Crippen molar-refractivity contribution in [2.24, 2.45) is 5.41 Å². The molecule has 0 spiro atoms. The van der Waals surface area contributed by atoms with E-state index < -0.39 is 0 Å². The van der Waals surface area contributed by atoms with Crippen LogP contribution in [0.5, 0.6) is 0 Å². The molecule has 102 valence electrons. The van der Waals surface area contributed by atoms with Gasteiger partial charge in [-0.15, -0.1) is 0 Å². The van der Waals surface area contributed by atoms with Gasteiger partial charge in [-0.25, -0.2) is 0 Å². The summed E-state index contributed by atoms with van der Waals surface area (Å²) < 4.78 is 0. The fourth-order valence-corrected chi connectivity index (χ4v) is 3.34. The molecule has 0 amide bonds. The van der Waals surface area contributed by atoms with Gasteiger partial charge < -0.3 is 10.4 Å². The minimum absolute atomic E-state index is 0.105. The summed E-state index contributed by atoms with van der Waals surface area (Å²) in [6.07, 6.45) is 6.76. The number of aliphatic hydroxyl groups excluding tert-OH is 1. The van der Waals surface area contributed by atoms with Gasteiger partial charge in [-0.3, -0.25) is 0 Å². The monoisotopic (exact) mass is 241 g/mol. The topological polar surface area (TPSA) is 32.3 Å². The zero-order chi connectivity index (χ0) is 13.1. The fourth-order valence-electron chi connectivity index (χ4n) is 3.34. The van der Waals surface area contributed by atoms with Crippen molar-refractivity contribution in [1.29, 1.82) is 0 Å². The summed E-state index contributed by atoms with van der Waals surface area (Å²) in [5, 5.41) is 13.8. The predicted molar refractivity (Wildman–Crippen MR) is 74.2 cm³/mol. The van der Waals surface area contributed by atoms with E-state index in [0.717, 1.165) is 19.3 Å². The van der Waals surface area contributed by atoms with Crippen LogP contribution in [0.3, 0.4) is 0 Å². The minimum atomic E-state index is -0.156. The smallest absolute Gasteiger partial charge is 0.0693 e. The van der Waals surface area contributed by atoms with Gasteiger partial charge in [-0.1, -0.05) is 40.0 Å². The quantitative estimate of drug-likeness (QED) is 0.741. The van der Waals surface area contributed by atoms with Gasteiger partial charge in [0.05, 0.1) is 6.10 Å². The molecule has 17 heavy (non-hydrogen) atoms. The standard InChI is InChI=1S/C15H31NO/c1-14(2,3)11-15(4,5)16-12-9-7-6-8-10-13(12)17/h12-13,16-17H,6-11H2,1-5H3.